The van der Waals surface area contributed by atoms with Crippen molar-refractivity contribution in [2.45, 2.75) is 32.1 Å². The summed E-state index contributed by atoms with van der Waals surface area (Å²) in [6.07, 6.45) is 2.60. The molecule has 1 unspecified atom stereocenters. The number of carboxylic acids is 1. The SMILES string of the molecule is CC(C(=O)N1CCC(Cc2ccccc2C(=O)O)CC1)c1ccccc1. The van der Waals surface area contributed by atoms with E-state index in [1.54, 1.807) is 12.1 Å². The first kappa shape index (κ1) is 18.2. The van der Waals surface area contributed by atoms with Crippen LogP contribution in [0.25, 0.3) is 0 Å². The molecule has 0 aromatic heterocycles. The second-order valence-electron chi connectivity index (χ2n) is 7.07. The third-order valence-corrected chi connectivity index (χ3v) is 5.35. The van der Waals surface area contributed by atoms with Crippen molar-refractivity contribution in [3.63, 3.8) is 0 Å². The molecule has 1 saturated heterocycles. The van der Waals surface area contributed by atoms with Gasteiger partial charge in [0.2, 0.25) is 5.91 Å². The molecule has 0 aliphatic carbocycles. The van der Waals surface area contributed by atoms with Gasteiger partial charge in [0.25, 0.3) is 0 Å². The van der Waals surface area contributed by atoms with Gasteiger partial charge in [0.1, 0.15) is 0 Å². The highest BCUT2D eigenvalue weighted by atomic mass is 16.4. The van der Waals surface area contributed by atoms with Gasteiger partial charge in [-0.3, -0.25) is 4.79 Å². The number of amides is 1. The molecule has 2 aromatic rings. The molecule has 1 heterocycles. The number of nitrogens with zero attached hydrogens (tertiary/aromatic N) is 1. The predicted octanol–water partition coefficient (Wildman–Crippen LogP) is 3.97. The molecule has 136 valence electrons. The van der Waals surface area contributed by atoms with Gasteiger partial charge in [-0.1, -0.05) is 48.5 Å². The molecule has 1 aliphatic rings. The molecule has 0 saturated carbocycles. The number of carbonyl (C=O) groups is 2. The van der Waals surface area contributed by atoms with E-state index < -0.39 is 5.97 Å². The number of likely N-dealkylation sites (tertiary alicyclic amines) is 1. The molecule has 4 heteroatoms. The van der Waals surface area contributed by atoms with Crippen LogP contribution in [0.3, 0.4) is 0 Å². The molecule has 0 bridgehead atoms. The quantitative estimate of drug-likeness (QED) is 0.887. The summed E-state index contributed by atoms with van der Waals surface area (Å²) in [4.78, 5) is 26.1. The number of rotatable bonds is 5. The fraction of sp³-hybridized carbons (Fsp3) is 0.364. The first-order valence-corrected chi connectivity index (χ1v) is 9.21. The number of carbonyl (C=O) groups excluding carboxylic acids is 1. The Morgan fingerprint density at radius 3 is 2.31 bits per heavy atom. The van der Waals surface area contributed by atoms with Gasteiger partial charge >= 0.3 is 5.97 Å². The molecule has 3 rings (SSSR count). The van der Waals surface area contributed by atoms with Gasteiger partial charge in [0.05, 0.1) is 11.5 Å². The summed E-state index contributed by atoms with van der Waals surface area (Å²) in [6, 6.07) is 17.1. The van der Waals surface area contributed by atoms with Gasteiger partial charge in [0.15, 0.2) is 0 Å². The first-order chi connectivity index (χ1) is 12.6. The summed E-state index contributed by atoms with van der Waals surface area (Å²) in [6.45, 7) is 3.46. The highest BCUT2D eigenvalue weighted by Gasteiger charge is 2.27. The lowest BCUT2D eigenvalue weighted by atomic mass is 9.87. The summed E-state index contributed by atoms with van der Waals surface area (Å²) in [7, 11) is 0. The van der Waals surface area contributed by atoms with Crippen LogP contribution >= 0.6 is 0 Å². The Morgan fingerprint density at radius 1 is 1.04 bits per heavy atom. The van der Waals surface area contributed by atoms with Crippen molar-refractivity contribution in [2.24, 2.45) is 5.92 Å². The fourth-order valence-corrected chi connectivity index (χ4v) is 3.73. The van der Waals surface area contributed by atoms with Crippen LogP contribution in [-0.2, 0) is 11.2 Å². The van der Waals surface area contributed by atoms with Crippen molar-refractivity contribution in [1.29, 1.82) is 0 Å². The number of hydrogen-bond acceptors (Lipinski definition) is 2. The second kappa shape index (κ2) is 8.17. The number of aromatic carboxylic acids is 1. The molecule has 4 nitrogen and oxygen atoms in total. The molecular formula is C22H25NO3. The zero-order chi connectivity index (χ0) is 18.5. The molecule has 26 heavy (non-hydrogen) atoms. The highest BCUT2D eigenvalue weighted by molar-refractivity contribution is 5.89. The maximum Gasteiger partial charge on any atom is 0.335 e. The number of piperidine rings is 1. The van der Waals surface area contributed by atoms with Gasteiger partial charge in [0, 0.05) is 13.1 Å². The number of carboxylic acid groups (broad SMARTS) is 1. The topological polar surface area (TPSA) is 57.6 Å². The Balaban J connectivity index is 1.58. The van der Waals surface area contributed by atoms with Crippen LogP contribution in [0.4, 0.5) is 0 Å². The first-order valence-electron chi connectivity index (χ1n) is 9.21. The Kier molecular flexibility index (Phi) is 5.71. The maximum atomic E-state index is 12.8. The molecule has 2 aromatic carbocycles. The summed E-state index contributed by atoms with van der Waals surface area (Å²) >= 11 is 0. The summed E-state index contributed by atoms with van der Waals surface area (Å²) < 4.78 is 0. The van der Waals surface area contributed by atoms with E-state index >= 15 is 0 Å². The Bertz CT molecular complexity index is 764. The van der Waals surface area contributed by atoms with Gasteiger partial charge in [-0.25, -0.2) is 4.79 Å². The minimum atomic E-state index is -0.870. The smallest absolute Gasteiger partial charge is 0.335 e. The molecule has 1 amide bonds. The van der Waals surface area contributed by atoms with Crippen LogP contribution in [0.1, 0.15) is 47.2 Å². The molecule has 1 aliphatic heterocycles. The van der Waals surface area contributed by atoms with Crippen molar-refractivity contribution in [3.05, 3.63) is 71.3 Å². The van der Waals surface area contributed by atoms with E-state index in [0.717, 1.165) is 43.5 Å². The van der Waals surface area contributed by atoms with Crippen LogP contribution in [-0.4, -0.2) is 35.0 Å². The lowest BCUT2D eigenvalue weighted by Gasteiger charge is -2.34. The van der Waals surface area contributed by atoms with Gasteiger partial charge in [-0.2, -0.15) is 0 Å². The molecule has 0 spiro atoms. The molecular weight excluding hydrogens is 326 g/mol. The molecule has 0 radical (unpaired) electrons. The fourth-order valence-electron chi connectivity index (χ4n) is 3.73. The normalized spacial score (nSPS) is 16.3. The summed E-state index contributed by atoms with van der Waals surface area (Å²) in [5, 5.41) is 9.33. The molecule has 1 fully saturated rings. The molecule has 1 N–H and O–H groups in total. The minimum absolute atomic E-state index is 0.125. The van der Waals surface area contributed by atoms with E-state index in [1.165, 1.54) is 0 Å². The average Bonchev–Trinajstić information content (AvgIpc) is 2.68. The average molecular weight is 351 g/mol. The maximum absolute atomic E-state index is 12.8. The number of hydrogen-bond donors (Lipinski definition) is 1. The van der Waals surface area contributed by atoms with Crippen molar-refractivity contribution in [2.75, 3.05) is 13.1 Å². The zero-order valence-electron chi connectivity index (χ0n) is 15.1. The summed E-state index contributed by atoms with van der Waals surface area (Å²) in [5.74, 6) is -0.391. The van der Waals surface area contributed by atoms with E-state index in [0.29, 0.717) is 11.5 Å². The van der Waals surface area contributed by atoms with E-state index in [2.05, 4.69) is 0 Å². The monoisotopic (exact) mass is 351 g/mol. The second-order valence-corrected chi connectivity index (χ2v) is 7.07. The lowest BCUT2D eigenvalue weighted by Crippen LogP contribution is -2.41. The largest absolute Gasteiger partial charge is 0.478 e. The third kappa shape index (κ3) is 4.13. The van der Waals surface area contributed by atoms with E-state index in [9.17, 15) is 14.7 Å². The summed E-state index contributed by atoms with van der Waals surface area (Å²) in [5.41, 5.74) is 2.33. The Morgan fingerprint density at radius 2 is 1.65 bits per heavy atom. The zero-order valence-corrected chi connectivity index (χ0v) is 15.1. The van der Waals surface area contributed by atoms with Gasteiger partial charge < -0.3 is 10.0 Å². The Labute approximate surface area is 154 Å². The number of benzene rings is 2. The lowest BCUT2D eigenvalue weighted by molar-refractivity contribution is -0.133. The standard InChI is InChI=1S/C22H25NO3/c1-16(18-7-3-2-4-8-18)21(24)23-13-11-17(12-14-23)15-19-9-5-6-10-20(19)22(25)26/h2-10,16-17H,11-15H2,1H3,(H,25,26). The molecule has 1 atom stereocenters. The van der Waals surface area contributed by atoms with Crippen molar-refractivity contribution in [3.8, 4) is 0 Å². The van der Waals surface area contributed by atoms with E-state index in [-0.39, 0.29) is 11.8 Å². The van der Waals surface area contributed by atoms with Crippen LogP contribution in [0.15, 0.2) is 54.6 Å². The Hall–Kier alpha value is -2.62. The van der Waals surface area contributed by atoms with Crippen LogP contribution < -0.4 is 0 Å². The predicted molar refractivity (Wildman–Crippen MR) is 101 cm³/mol. The van der Waals surface area contributed by atoms with E-state index in [1.807, 2.05) is 54.3 Å². The van der Waals surface area contributed by atoms with Crippen LogP contribution in [0.5, 0.6) is 0 Å². The van der Waals surface area contributed by atoms with Crippen LogP contribution in [0.2, 0.25) is 0 Å². The third-order valence-electron chi connectivity index (χ3n) is 5.35. The van der Waals surface area contributed by atoms with Crippen molar-refractivity contribution < 1.29 is 14.7 Å². The van der Waals surface area contributed by atoms with Crippen molar-refractivity contribution >= 4 is 11.9 Å². The van der Waals surface area contributed by atoms with Gasteiger partial charge in [-0.15, -0.1) is 0 Å². The van der Waals surface area contributed by atoms with E-state index in [4.69, 9.17) is 0 Å². The van der Waals surface area contributed by atoms with Crippen molar-refractivity contribution in [1.82, 2.24) is 4.90 Å². The minimum Gasteiger partial charge on any atom is -0.478 e. The van der Waals surface area contributed by atoms with Crippen LogP contribution in [0, 0.1) is 5.92 Å². The highest BCUT2D eigenvalue weighted by Crippen LogP contribution is 2.26. The van der Waals surface area contributed by atoms with Gasteiger partial charge in [-0.05, 0) is 49.3 Å².